The maximum atomic E-state index is 13.6. The number of carbonyl (C=O) groups excluding carboxylic acids is 1. The molecule has 0 aliphatic heterocycles. The third-order valence-electron chi connectivity index (χ3n) is 5.64. The van der Waals surface area contributed by atoms with Crippen LogP contribution in [0.25, 0.3) is 11.0 Å². The number of carbonyl (C=O) groups is 1. The Hall–Kier alpha value is -3.18. The van der Waals surface area contributed by atoms with Crippen molar-refractivity contribution in [3.8, 4) is 0 Å². The highest BCUT2D eigenvalue weighted by Crippen LogP contribution is 2.32. The van der Waals surface area contributed by atoms with Gasteiger partial charge in [-0.25, -0.2) is 27.2 Å². The highest BCUT2D eigenvalue weighted by molar-refractivity contribution is 6.42. The van der Waals surface area contributed by atoms with Gasteiger partial charge in [0.25, 0.3) is 12.9 Å². The lowest BCUT2D eigenvalue weighted by molar-refractivity contribution is -0.116. The maximum absolute atomic E-state index is 13.6. The Labute approximate surface area is 213 Å². The molecule has 3 heterocycles. The zero-order valence-corrected chi connectivity index (χ0v) is 20.8. The number of nitrogens with zero attached hydrogens (tertiary/aromatic N) is 5. The van der Waals surface area contributed by atoms with Gasteiger partial charge in [-0.2, -0.15) is 10.2 Å². The monoisotopic (exact) mass is 542 g/mol. The number of halogens is 6. The van der Waals surface area contributed by atoms with Crippen molar-refractivity contribution in [1.29, 1.82) is 0 Å². The minimum Gasteiger partial charge on any atom is -0.321 e. The molecule has 1 aromatic carbocycles. The van der Waals surface area contributed by atoms with Crippen LogP contribution in [0.1, 0.15) is 46.8 Å². The normalized spacial score (nSPS) is 11.8. The summed E-state index contributed by atoms with van der Waals surface area (Å²) in [4.78, 5) is 16.7. The zero-order valence-electron chi connectivity index (χ0n) is 19.3. The summed E-state index contributed by atoms with van der Waals surface area (Å²) in [6.45, 7) is 4.88. The average Bonchev–Trinajstić information content (AvgIpc) is 3.26. The maximum Gasteiger partial charge on any atom is 0.280 e. The number of hydrogen-bond donors (Lipinski definition) is 1. The molecule has 1 N–H and O–H groups in total. The van der Waals surface area contributed by atoms with Crippen LogP contribution in [0.3, 0.4) is 0 Å². The highest BCUT2D eigenvalue weighted by atomic mass is 35.5. The first kappa shape index (κ1) is 25.9. The molecule has 0 saturated heterocycles. The Morgan fingerprint density at radius 2 is 1.67 bits per heavy atom. The van der Waals surface area contributed by atoms with Crippen molar-refractivity contribution >= 4 is 45.8 Å². The summed E-state index contributed by atoms with van der Waals surface area (Å²) in [5.74, 6) is -0.553. The summed E-state index contributed by atoms with van der Waals surface area (Å²) in [5.41, 5.74) is 1.05. The Bertz CT molecular complexity index is 1470. The Morgan fingerprint density at radius 3 is 2.31 bits per heavy atom. The van der Waals surface area contributed by atoms with E-state index in [-0.39, 0.29) is 16.7 Å². The minimum absolute atomic E-state index is 0.0518. The first-order valence-corrected chi connectivity index (χ1v) is 11.4. The van der Waals surface area contributed by atoms with Gasteiger partial charge in [0.1, 0.15) is 12.2 Å². The molecule has 36 heavy (non-hydrogen) atoms. The molecule has 0 atom stereocenters. The van der Waals surface area contributed by atoms with Gasteiger partial charge in [-0.05, 0) is 44.5 Å². The molecule has 0 saturated carbocycles. The molecule has 0 aliphatic rings. The summed E-state index contributed by atoms with van der Waals surface area (Å²) in [5, 5.41) is 12.1. The third kappa shape index (κ3) is 5.03. The number of benzene rings is 1. The van der Waals surface area contributed by atoms with Gasteiger partial charge in [-0.15, -0.1) is 0 Å². The molecule has 7 nitrogen and oxygen atoms in total. The molecule has 0 aliphatic carbocycles. The fourth-order valence-electron chi connectivity index (χ4n) is 3.96. The predicted octanol–water partition coefficient (Wildman–Crippen LogP) is 6.42. The Balaban J connectivity index is 1.60. The van der Waals surface area contributed by atoms with E-state index in [0.29, 0.717) is 39.7 Å². The van der Waals surface area contributed by atoms with E-state index in [0.717, 1.165) is 10.2 Å². The fraction of sp³-hybridized carbons (Fsp3) is 0.304. The summed E-state index contributed by atoms with van der Waals surface area (Å²) in [6.07, 6.45) is -6.07. The van der Waals surface area contributed by atoms with E-state index >= 15 is 0 Å². The third-order valence-corrected chi connectivity index (χ3v) is 6.38. The van der Waals surface area contributed by atoms with Gasteiger partial charge in [0.15, 0.2) is 5.65 Å². The van der Waals surface area contributed by atoms with E-state index in [1.807, 2.05) is 6.07 Å². The molecule has 0 bridgehead atoms. The topological polar surface area (TPSA) is 77.6 Å². The fourth-order valence-corrected chi connectivity index (χ4v) is 4.28. The smallest absolute Gasteiger partial charge is 0.280 e. The first-order valence-electron chi connectivity index (χ1n) is 10.7. The van der Waals surface area contributed by atoms with E-state index < -0.39 is 36.6 Å². The number of fused-ring (bicyclic) bond motifs is 1. The quantitative estimate of drug-likeness (QED) is 0.273. The molecule has 4 rings (SSSR count). The summed E-state index contributed by atoms with van der Waals surface area (Å²) in [7, 11) is 0. The summed E-state index contributed by atoms with van der Waals surface area (Å²) >= 11 is 12.1. The molecule has 3 aromatic heterocycles. The van der Waals surface area contributed by atoms with Gasteiger partial charge in [0, 0.05) is 5.56 Å². The number of rotatable bonds is 7. The number of alkyl halides is 4. The second kappa shape index (κ2) is 10.1. The molecule has 4 aromatic rings. The number of pyridine rings is 1. The number of amides is 1. The van der Waals surface area contributed by atoms with E-state index in [4.69, 9.17) is 23.2 Å². The molecule has 0 fully saturated rings. The molecule has 0 spiro atoms. The highest BCUT2D eigenvalue weighted by Gasteiger charge is 2.24. The predicted molar refractivity (Wildman–Crippen MR) is 128 cm³/mol. The van der Waals surface area contributed by atoms with Gasteiger partial charge in [-0.1, -0.05) is 29.3 Å². The second-order valence-electron chi connectivity index (χ2n) is 8.18. The number of anilines is 1. The van der Waals surface area contributed by atoms with E-state index in [2.05, 4.69) is 20.5 Å². The molecular weight excluding hydrogens is 523 g/mol. The largest absolute Gasteiger partial charge is 0.321 e. The SMILES string of the molecule is Cc1nn(Cc2ccc(Cl)c(Cl)c2)c(C)c1NC(=O)Cn1nc(C)c2c(C(F)F)cc(C(F)F)nc21. The van der Waals surface area contributed by atoms with E-state index in [1.54, 1.807) is 30.7 Å². The molecule has 190 valence electrons. The Morgan fingerprint density at radius 1 is 0.972 bits per heavy atom. The van der Waals surface area contributed by atoms with Crippen LogP contribution in [0.2, 0.25) is 10.0 Å². The van der Waals surface area contributed by atoms with Crippen molar-refractivity contribution in [2.45, 2.75) is 46.7 Å². The minimum atomic E-state index is -3.06. The second-order valence-corrected chi connectivity index (χ2v) is 8.99. The van der Waals surface area contributed by atoms with Gasteiger partial charge in [0.2, 0.25) is 5.91 Å². The number of aryl methyl sites for hydroxylation is 2. The van der Waals surface area contributed by atoms with E-state index in [1.165, 1.54) is 6.92 Å². The van der Waals surface area contributed by atoms with Crippen molar-refractivity contribution in [3.05, 3.63) is 68.2 Å². The van der Waals surface area contributed by atoms with Gasteiger partial charge in [-0.3, -0.25) is 9.48 Å². The average molecular weight is 543 g/mol. The summed E-state index contributed by atoms with van der Waals surface area (Å²) < 4.78 is 56.4. The van der Waals surface area contributed by atoms with Crippen LogP contribution in [0.5, 0.6) is 0 Å². The molecular formula is C23H20Cl2F4N6O. The zero-order chi connectivity index (χ0) is 26.3. The van der Waals surface area contributed by atoms with Crippen molar-refractivity contribution < 1.29 is 22.4 Å². The van der Waals surface area contributed by atoms with Crippen LogP contribution in [0, 0.1) is 20.8 Å². The van der Waals surface area contributed by atoms with Crippen LogP contribution in [-0.4, -0.2) is 30.5 Å². The lowest BCUT2D eigenvalue weighted by Crippen LogP contribution is -2.20. The number of hydrogen-bond acceptors (Lipinski definition) is 4. The van der Waals surface area contributed by atoms with Crippen LogP contribution >= 0.6 is 23.2 Å². The molecule has 13 heteroatoms. The van der Waals surface area contributed by atoms with Gasteiger partial charge in [0.05, 0.1) is 44.7 Å². The first-order chi connectivity index (χ1) is 17.0. The van der Waals surface area contributed by atoms with Crippen molar-refractivity contribution in [1.82, 2.24) is 24.5 Å². The van der Waals surface area contributed by atoms with Crippen LogP contribution < -0.4 is 5.32 Å². The van der Waals surface area contributed by atoms with Gasteiger partial charge < -0.3 is 5.32 Å². The molecule has 1 amide bonds. The number of nitrogens with one attached hydrogen (secondary N) is 1. The molecule has 0 unspecified atom stereocenters. The molecule has 0 radical (unpaired) electrons. The van der Waals surface area contributed by atoms with Crippen LogP contribution in [0.15, 0.2) is 24.3 Å². The van der Waals surface area contributed by atoms with Gasteiger partial charge >= 0.3 is 0 Å². The lowest BCUT2D eigenvalue weighted by atomic mass is 10.1. The van der Waals surface area contributed by atoms with Crippen LogP contribution in [0.4, 0.5) is 23.2 Å². The standard InChI is InChI=1S/C23H20Cl2F4N6O/c1-10-19-14(21(26)27)7-17(22(28)29)30-23(19)35(32-10)9-18(36)31-20-11(2)33-34(12(20)3)8-13-4-5-15(24)16(25)6-13/h4-7,21-22H,8-9H2,1-3H3,(H,31,36). The van der Waals surface area contributed by atoms with Crippen molar-refractivity contribution in [3.63, 3.8) is 0 Å². The number of aromatic nitrogens is 5. The Kier molecular flexibility index (Phi) is 7.24. The van der Waals surface area contributed by atoms with Crippen LogP contribution in [-0.2, 0) is 17.9 Å². The lowest BCUT2D eigenvalue weighted by Gasteiger charge is -2.09. The van der Waals surface area contributed by atoms with E-state index in [9.17, 15) is 22.4 Å². The van der Waals surface area contributed by atoms with Crippen molar-refractivity contribution in [2.24, 2.45) is 0 Å². The van der Waals surface area contributed by atoms with Crippen molar-refractivity contribution in [2.75, 3.05) is 5.32 Å². The summed E-state index contributed by atoms with van der Waals surface area (Å²) in [6, 6.07) is 5.88.